The van der Waals surface area contributed by atoms with Crippen LogP contribution in [-0.2, 0) is 4.74 Å². The Morgan fingerprint density at radius 2 is 2.11 bits per heavy atom. The highest BCUT2D eigenvalue weighted by atomic mass is 16.5. The second-order valence-corrected chi connectivity index (χ2v) is 5.56. The average molecular weight is 264 g/mol. The first-order valence-electron chi connectivity index (χ1n) is 7.14. The molecule has 0 spiro atoms. The number of nitrogens with zero attached hydrogens (tertiary/aromatic N) is 1. The minimum atomic E-state index is 0.0603. The maximum absolute atomic E-state index is 12.5. The van der Waals surface area contributed by atoms with E-state index in [9.17, 15) is 4.79 Å². The highest BCUT2D eigenvalue weighted by Crippen LogP contribution is 2.29. The van der Waals surface area contributed by atoms with E-state index in [0.717, 1.165) is 12.8 Å². The number of pyridine rings is 1. The zero-order valence-corrected chi connectivity index (χ0v) is 12.1. The molecule has 1 aliphatic carbocycles. The van der Waals surface area contributed by atoms with Crippen LogP contribution in [0.25, 0.3) is 0 Å². The van der Waals surface area contributed by atoms with E-state index in [-0.39, 0.29) is 23.7 Å². The molecule has 1 saturated carbocycles. The molecule has 0 saturated heterocycles. The van der Waals surface area contributed by atoms with Gasteiger partial charge < -0.3 is 14.6 Å². The van der Waals surface area contributed by atoms with E-state index in [1.807, 2.05) is 36.7 Å². The summed E-state index contributed by atoms with van der Waals surface area (Å²) in [5.74, 6) is 0. The summed E-state index contributed by atoms with van der Waals surface area (Å²) in [5.41, 5.74) is 0.739. The SMILES string of the molecule is CO[C@@H]1CCCC[C@@H]1n1cccc(NC(C)C)c1=O. The molecule has 1 aromatic rings. The van der Waals surface area contributed by atoms with Crippen molar-refractivity contribution in [3.8, 4) is 0 Å². The number of methoxy groups -OCH3 is 1. The smallest absolute Gasteiger partial charge is 0.274 e. The van der Waals surface area contributed by atoms with Gasteiger partial charge in [0.05, 0.1) is 12.1 Å². The molecule has 1 aromatic heterocycles. The van der Waals surface area contributed by atoms with Crippen molar-refractivity contribution in [1.82, 2.24) is 4.57 Å². The summed E-state index contributed by atoms with van der Waals surface area (Å²) >= 11 is 0. The van der Waals surface area contributed by atoms with Crippen molar-refractivity contribution >= 4 is 5.69 Å². The van der Waals surface area contributed by atoms with Crippen molar-refractivity contribution in [3.05, 3.63) is 28.7 Å². The van der Waals surface area contributed by atoms with Gasteiger partial charge in [0.1, 0.15) is 5.69 Å². The average Bonchev–Trinajstić information content (AvgIpc) is 2.41. The normalized spacial score (nSPS) is 23.6. The van der Waals surface area contributed by atoms with Gasteiger partial charge in [-0.05, 0) is 38.8 Å². The first-order valence-corrected chi connectivity index (χ1v) is 7.14. The van der Waals surface area contributed by atoms with Crippen LogP contribution in [0.15, 0.2) is 23.1 Å². The molecule has 19 heavy (non-hydrogen) atoms. The van der Waals surface area contributed by atoms with Crippen LogP contribution < -0.4 is 10.9 Å². The topological polar surface area (TPSA) is 43.3 Å². The third kappa shape index (κ3) is 3.18. The highest BCUT2D eigenvalue weighted by Gasteiger charge is 2.27. The molecule has 4 heteroatoms. The molecule has 0 unspecified atom stereocenters. The molecule has 0 aliphatic heterocycles. The summed E-state index contributed by atoms with van der Waals surface area (Å²) in [7, 11) is 1.74. The van der Waals surface area contributed by atoms with Gasteiger partial charge >= 0.3 is 0 Å². The molecule has 0 bridgehead atoms. The van der Waals surface area contributed by atoms with Crippen molar-refractivity contribution in [3.63, 3.8) is 0 Å². The second kappa shape index (κ2) is 6.24. The number of hydrogen-bond donors (Lipinski definition) is 1. The highest BCUT2D eigenvalue weighted by molar-refractivity contribution is 5.41. The fraction of sp³-hybridized carbons (Fsp3) is 0.667. The van der Waals surface area contributed by atoms with E-state index in [2.05, 4.69) is 5.32 Å². The molecular formula is C15H24N2O2. The van der Waals surface area contributed by atoms with Crippen molar-refractivity contribution in [2.45, 2.75) is 57.7 Å². The van der Waals surface area contributed by atoms with Gasteiger partial charge in [-0.15, -0.1) is 0 Å². The first kappa shape index (κ1) is 14.1. The molecule has 106 valence electrons. The Morgan fingerprint density at radius 1 is 1.37 bits per heavy atom. The lowest BCUT2D eigenvalue weighted by Gasteiger charge is -2.32. The number of hydrogen-bond acceptors (Lipinski definition) is 3. The van der Waals surface area contributed by atoms with Gasteiger partial charge in [-0.2, -0.15) is 0 Å². The second-order valence-electron chi connectivity index (χ2n) is 5.56. The Hall–Kier alpha value is -1.29. The van der Waals surface area contributed by atoms with Crippen LogP contribution in [0.3, 0.4) is 0 Å². The van der Waals surface area contributed by atoms with Crippen LogP contribution in [0.1, 0.15) is 45.6 Å². The van der Waals surface area contributed by atoms with Gasteiger partial charge in [-0.25, -0.2) is 0 Å². The molecule has 0 radical (unpaired) electrons. The summed E-state index contributed by atoms with van der Waals surface area (Å²) in [5, 5.41) is 3.21. The predicted molar refractivity (Wildman–Crippen MR) is 77.8 cm³/mol. The zero-order valence-electron chi connectivity index (χ0n) is 12.1. The quantitative estimate of drug-likeness (QED) is 0.909. The summed E-state index contributed by atoms with van der Waals surface area (Å²) < 4.78 is 7.40. The van der Waals surface area contributed by atoms with Crippen LogP contribution in [-0.4, -0.2) is 23.8 Å². The number of aromatic nitrogens is 1. The summed E-state index contributed by atoms with van der Waals surface area (Å²) in [6.07, 6.45) is 6.45. The Balaban J connectivity index is 2.31. The molecule has 4 nitrogen and oxygen atoms in total. The van der Waals surface area contributed by atoms with Gasteiger partial charge in [0.15, 0.2) is 0 Å². The van der Waals surface area contributed by atoms with E-state index >= 15 is 0 Å². The van der Waals surface area contributed by atoms with Gasteiger partial charge in [0, 0.05) is 19.3 Å². The van der Waals surface area contributed by atoms with E-state index in [0.29, 0.717) is 5.69 Å². The third-order valence-corrected chi connectivity index (χ3v) is 3.75. The van der Waals surface area contributed by atoms with Crippen molar-refractivity contribution in [2.75, 3.05) is 12.4 Å². The van der Waals surface area contributed by atoms with Gasteiger partial charge in [0.25, 0.3) is 5.56 Å². The van der Waals surface area contributed by atoms with Crippen LogP contribution in [0.4, 0.5) is 5.69 Å². The molecule has 1 N–H and O–H groups in total. The summed E-state index contributed by atoms with van der Waals surface area (Å²) in [6.45, 7) is 4.07. The van der Waals surface area contributed by atoms with Gasteiger partial charge in [-0.1, -0.05) is 12.8 Å². The zero-order chi connectivity index (χ0) is 13.8. The van der Waals surface area contributed by atoms with Gasteiger partial charge in [0.2, 0.25) is 0 Å². The van der Waals surface area contributed by atoms with Crippen molar-refractivity contribution in [2.24, 2.45) is 0 Å². The number of nitrogens with one attached hydrogen (secondary N) is 1. The molecule has 0 aromatic carbocycles. The van der Waals surface area contributed by atoms with Crippen molar-refractivity contribution < 1.29 is 4.74 Å². The first-order chi connectivity index (χ1) is 9.13. The van der Waals surface area contributed by atoms with E-state index in [1.54, 1.807) is 7.11 Å². The molecule has 1 aliphatic rings. The van der Waals surface area contributed by atoms with E-state index in [1.165, 1.54) is 12.8 Å². The van der Waals surface area contributed by atoms with Crippen molar-refractivity contribution in [1.29, 1.82) is 0 Å². The minimum Gasteiger partial charge on any atom is -0.379 e. The molecule has 1 heterocycles. The van der Waals surface area contributed by atoms with Crippen LogP contribution in [0, 0.1) is 0 Å². The lowest BCUT2D eigenvalue weighted by Crippen LogP contribution is -2.36. The molecular weight excluding hydrogens is 240 g/mol. The molecule has 0 amide bonds. The Bertz CT molecular complexity index is 467. The fourth-order valence-corrected chi connectivity index (χ4v) is 2.86. The monoisotopic (exact) mass is 264 g/mol. The summed E-state index contributed by atoms with van der Waals surface area (Å²) in [4.78, 5) is 12.5. The Kier molecular flexibility index (Phi) is 4.64. The number of rotatable bonds is 4. The standard InChI is InChI=1S/C15H24N2O2/c1-11(2)16-12-7-6-10-17(15(12)18)13-8-4-5-9-14(13)19-3/h6-7,10-11,13-14,16H,4-5,8-9H2,1-3H3/t13-,14+/m0/s1. The van der Waals surface area contributed by atoms with E-state index < -0.39 is 0 Å². The number of ether oxygens (including phenoxy) is 1. The maximum Gasteiger partial charge on any atom is 0.274 e. The predicted octanol–water partition coefficient (Wildman–Crippen LogP) is 2.80. The van der Waals surface area contributed by atoms with Crippen LogP contribution in [0.5, 0.6) is 0 Å². The van der Waals surface area contributed by atoms with Crippen LogP contribution >= 0.6 is 0 Å². The largest absolute Gasteiger partial charge is 0.379 e. The molecule has 2 rings (SSSR count). The lowest BCUT2D eigenvalue weighted by molar-refractivity contribution is 0.0278. The fourth-order valence-electron chi connectivity index (χ4n) is 2.86. The Labute approximate surface area is 114 Å². The summed E-state index contributed by atoms with van der Waals surface area (Å²) in [6, 6.07) is 4.21. The third-order valence-electron chi connectivity index (χ3n) is 3.75. The van der Waals surface area contributed by atoms with Gasteiger partial charge in [-0.3, -0.25) is 4.79 Å². The maximum atomic E-state index is 12.5. The number of anilines is 1. The van der Waals surface area contributed by atoms with Crippen LogP contribution in [0.2, 0.25) is 0 Å². The molecule has 2 atom stereocenters. The van der Waals surface area contributed by atoms with E-state index in [4.69, 9.17) is 4.74 Å². The Morgan fingerprint density at radius 3 is 2.79 bits per heavy atom. The lowest BCUT2D eigenvalue weighted by atomic mass is 9.92. The molecule has 1 fully saturated rings. The minimum absolute atomic E-state index is 0.0603.